The highest BCUT2D eigenvalue weighted by molar-refractivity contribution is 5.92. The number of hydrogen-bond acceptors (Lipinski definition) is 6. The molecule has 200 valence electrons. The van der Waals surface area contributed by atoms with Gasteiger partial charge in [0.15, 0.2) is 0 Å². The van der Waals surface area contributed by atoms with E-state index in [2.05, 4.69) is 57.6 Å². The summed E-state index contributed by atoms with van der Waals surface area (Å²) in [6.45, 7) is 9.55. The summed E-state index contributed by atoms with van der Waals surface area (Å²) in [5.74, 6) is 1.10. The first kappa shape index (κ1) is 25.5. The number of aromatic nitrogens is 2. The molecule has 3 N–H and O–H groups in total. The molecule has 0 unspecified atom stereocenters. The van der Waals surface area contributed by atoms with Crippen molar-refractivity contribution in [2.24, 2.45) is 11.7 Å². The molecule has 1 atom stereocenters. The van der Waals surface area contributed by atoms with Crippen LogP contribution in [0.25, 0.3) is 22.0 Å². The summed E-state index contributed by atoms with van der Waals surface area (Å²) in [6.07, 6.45) is 1.03. The van der Waals surface area contributed by atoms with Crippen LogP contribution < -0.4 is 11.1 Å². The molecule has 0 saturated carbocycles. The van der Waals surface area contributed by atoms with Crippen LogP contribution in [0.5, 0.6) is 0 Å². The summed E-state index contributed by atoms with van der Waals surface area (Å²) in [4.78, 5) is 26.7. The van der Waals surface area contributed by atoms with E-state index in [0.29, 0.717) is 12.4 Å². The maximum atomic E-state index is 12.1. The van der Waals surface area contributed by atoms with Crippen molar-refractivity contribution in [3.8, 4) is 11.1 Å². The second-order valence-electron chi connectivity index (χ2n) is 11.2. The van der Waals surface area contributed by atoms with E-state index in [4.69, 9.17) is 15.7 Å². The maximum Gasteiger partial charge on any atom is 0.240 e. The van der Waals surface area contributed by atoms with E-state index in [1.165, 1.54) is 27.8 Å². The number of rotatable bonds is 8. The third-order valence-electron chi connectivity index (χ3n) is 8.01. The highest BCUT2D eigenvalue weighted by atomic mass is 16.1. The van der Waals surface area contributed by atoms with E-state index in [0.717, 1.165) is 55.9 Å². The van der Waals surface area contributed by atoms with Crippen LogP contribution in [0.15, 0.2) is 66.7 Å². The molecule has 1 aliphatic heterocycles. The molecule has 7 nitrogen and oxygen atoms in total. The smallest absolute Gasteiger partial charge is 0.240 e. The number of nitrogens with one attached hydrogen (secondary N) is 1. The number of hydrogen-bond donors (Lipinski definition) is 2. The van der Waals surface area contributed by atoms with Crippen molar-refractivity contribution in [3.05, 3.63) is 89.2 Å². The molecule has 1 fully saturated rings. The first-order chi connectivity index (χ1) is 18.9. The van der Waals surface area contributed by atoms with Crippen molar-refractivity contribution < 1.29 is 4.79 Å². The van der Waals surface area contributed by atoms with Gasteiger partial charge in [-0.15, -0.1) is 0 Å². The van der Waals surface area contributed by atoms with E-state index in [-0.39, 0.29) is 11.8 Å². The molecule has 1 aromatic heterocycles. The molecule has 3 aromatic carbocycles. The SMILES string of the molecule is CC(C)[C@H](Nc1nc(CN2CCN(Cc3ccc4c(c3)Cc3ccccc3-4)CC2)nc2ccccc12)C(N)=O. The number of fused-ring (bicyclic) bond motifs is 4. The summed E-state index contributed by atoms with van der Waals surface area (Å²) in [6, 6.07) is 23.2. The van der Waals surface area contributed by atoms with Gasteiger partial charge in [0.05, 0.1) is 12.1 Å². The van der Waals surface area contributed by atoms with Gasteiger partial charge >= 0.3 is 0 Å². The van der Waals surface area contributed by atoms with Crippen LogP contribution in [0.3, 0.4) is 0 Å². The molecule has 6 rings (SSSR count). The Morgan fingerprint density at radius 3 is 2.33 bits per heavy atom. The summed E-state index contributed by atoms with van der Waals surface area (Å²) in [5, 5.41) is 4.20. The molecule has 0 bridgehead atoms. The van der Waals surface area contributed by atoms with Gasteiger partial charge in [-0.2, -0.15) is 0 Å². The van der Waals surface area contributed by atoms with E-state index in [1.807, 2.05) is 38.1 Å². The fourth-order valence-corrected chi connectivity index (χ4v) is 5.88. The lowest BCUT2D eigenvalue weighted by Crippen LogP contribution is -2.45. The molecule has 1 saturated heterocycles. The van der Waals surface area contributed by atoms with Crippen molar-refractivity contribution in [3.63, 3.8) is 0 Å². The third kappa shape index (κ3) is 5.37. The molecule has 39 heavy (non-hydrogen) atoms. The van der Waals surface area contributed by atoms with Gasteiger partial charge in [0.25, 0.3) is 0 Å². The average molecular weight is 521 g/mol. The molecule has 2 heterocycles. The zero-order chi connectivity index (χ0) is 26.9. The molecule has 2 aliphatic rings. The fourth-order valence-electron chi connectivity index (χ4n) is 5.88. The first-order valence-corrected chi connectivity index (χ1v) is 13.9. The summed E-state index contributed by atoms with van der Waals surface area (Å²) >= 11 is 0. The predicted molar refractivity (Wildman–Crippen MR) is 156 cm³/mol. The van der Waals surface area contributed by atoms with E-state index in [1.54, 1.807) is 0 Å². The lowest BCUT2D eigenvalue weighted by molar-refractivity contribution is -0.119. The predicted octanol–water partition coefficient (Wildman–Crippen LogP) is 4.44. The fraction of sp³-hybridized carbons (Fsp3) is 0.344. The van der Waals surface area contributed by atoms with Crippen LogP contribution in [0, 0.1) is 5.92 Å². The quantitative estimate of drug-likeness (QED) is 0.315. The first-order valence-electron chi connectivity index (χ1n) is 13.9. The number of nitrogens with two attached hydrogens (primary N) is 1. The summed E-state index contributed by atoms with van der Waals surface area (Å²) < 4.78 is 0. The Balaban J connectivity index is 1.10. The number of para-hydroxylation sites is 1. The van der Waals surface area contributed by atoms with Crippen LogP contribution in [0.1, 0.15) is 36.4 Å². The van der Waals surface area contributed by atoms with Crippen molar-refractivity contribution in [2.45, 2.75) is 39.4 Å². The molecule has 4 aromatic rings. The number of anilines is 1. The van der Waals surface area contributed by atoms with Crippen molar-refractivity contribution in [1.29, 1.82) is 0 Å². The van der Waals surface area contributed by atoms with Crippen LogP contribution >= 0.6 is 0 Å². The molecule has 1 amide bonds. The minimum absolute atomic E-state index is 0.0498. The number of amides is 1. The molecular formula is C32H36N6O. The normalized spacial score (nSPS) is 16.3. The Morgan fingerprint density at radius 1 is 0.872 bits per heavy atom. The standard InChI is InChI=1S/C32H36N6O/c1-21(2)30(31(33)39)36-32-27-9-5-6-10-28(27)34-29(35-32)20-38-15-13-37(14-16-38)19-22-11-12-26-24(17-22)18-23-7-3-4-8-25(23)26/h3-12,17,21,30H,13-16,18-20H2,1-2H3,(H2,33,39)(H,34,35,36)/t30-/m0/s1. The van der Waals surface area contributed by atoms with Gasteiger partial charge in [0.2, 0.25) is 5.91 Å². The number of primary amides is 1. The van der Waals surface area contributed by atoms with Gasteiger partial charge in [-0.3, -0.25) is 14.6 Å². The van der Waals surface area contributed by atoms with Gasteiger partial charge in [0.1, 0.15) is 17.7 Å². The Morgan fingerprint density at radius 2 is 1.56 bits per heavy atom. The van der Waals surface area contributed by atoms with Crippen molar-refractivity contribution in [1.82, 2.24) is 19.8 Å². The zero-order valence-corrected chi connectivity index (χ0v) is 22.7. The molecule has 1 aliphatic carbocycles. The maximum absolute atomic E-state index is 12.1. The third-order valence-corrected chi connectivity index (χ3v) is 8.01. The Kier molecular flexibility index (Phi) is 7.02. The van der Waals surface area contributed by atoms with Crippen molar-refractivity contribution >= 4 is 22.6 Å². The van der Waals surface area contributed by atoms with Crippen LogP contribution in [0.4, 0.5) is 5.82 Å². The van der Waals surface area contributed by atoms with Gasteiger partial charge in [-0.05, 0) is 52.3 Å². The molecular weight excluding hydrogens is 484 g/mol. The Bertz CT molecular complexity index is 1510. The minimum Gasteiger partial charge on any atom is -0.368 e. The van der Waals surface area contributed by atoms with Gasteiger partial charge in [-0.25, -0.2) is 9.97 Å². The Labute approximate surface area is 230 Å². The van der Waals surface area contributed by atoms with Crippen LogP contribution in [-0.4, -0.2) is 57.9 Å². The number of piperazine rings is 1. The number of carbonyl (C=O) groups is 1. The molecule has 7 heteroatoms. The molecule has 0 spiro atoms. The highest BCUT2D eigenvalue weighted by Gasteiger charge is 2.23. The zero-order valence-electron chi connectivity index (χ0n) is 22.7. The number of carbonyl (C=O) groups excluding carboxylic acids is 1. The van der Waals surface area contributed by atoms with E-state index < -0.39 is 6.04 Å². The van der Waals surface area contributed by atoms with Gasteiger partial charge in [-0.1, -0.05) is 68.4 Å². The summed E-state index contributed by atoms with van der Waals surface area (Å²) in [5.41, 5.74) is 13.6. The van der Waals surface area contributed by atoms with Gasteiger partial charge in [0, 0.05) is 38.1 Å². The monoisotopic (exact) mass is 520 g/mol. The molecule has 0 radical (unpaired) electrons. The van der Waals surface area contributed by atoms with Crippen LogP contribution in [-0.2, 0) is 24.3 Å². The second-order valence-corrected chi connectivity index (χ2v) is 11.2. The Hall–Kier alpha value is -3.81. The second kappa shape index (κ2) is 10.8. The largest absolute Gasteiger partial charge is 0.368 e. The highest BCUT2D eigenvalue weighted by Crippen LogP contribution is 2.37. The van der Waals surface area contributed by atoms with E-state index in [9.17, 15) is 4.79 Å². The van der Waals surface area contributed by atoms with E-state index >= 15 is 0 Å². The minimum atomic E-state index is -0.493. The van der Waals surface area contributed by atoms with Crippen molar-refractivity contribution in [2.75, 3.05) is 31.5 Å². The number of benzene rings is 3. The van der Waals surface area contributed by atoms with Gasteiger partial charge < -0.3 is 11.1 Å². The topological polar surface area (TPSA) is 87.4 Å². The summed E-state index contributed by atoms with van der Waals surface area (Å²) in [7, 11) is 0. The van der Waals surface area contributed by atoms with Crippen LogP contribution in [0.2, 0.25) is 0 Å². The average Bonchev–Trinajstić information content (AvgIpc) is 3.30. The lowest BCUT2D eigenvalue weighted by Gasteiger charge is -2.34. The number of nitrogens with zero attached hydrogens (tertiary/aromatic N) is 4. The lowest BCUT2D eigenvalue weighted by atomic mass is 10.0.